The minimum absolute atomic E-state index is 0.0296. The van der Waals surface area contributed by atoms with Crippen molar-refractivity contribution in [1.29, 1.82) is 0 Å². The molecule has 0 aromatic carbocycles. The average molecular weight is 219 g/mol. The first kappa shape index (κ1) is 12.8. The molecule has 0 bridgehead atoms. The molecule has 16 heavy (non-hydrogen) atoms. The second-order valence-electron chi connectivity index (χ2n) is 4.61. The van der Waals surface area contributed by atoms with E-state index in [4.69, 9.17) is 0 Å². The summed E-state index contributed by atoms with van der Waals surface area (Å²) < 4.78 is 0. The van der Waals surface area contributed by atoms with Crippen molar-refractivity contribution in [3.63, 3.8) is 0 Å². The van der Waals surface area contributed by atoms with Crippen LogP contribution in [0.4, 0.5) is 0 Å². The molecule has 1 aliphatic rings. The van der Waals surface area contributed by atoms with E-state index in [1.807, 2.05) is 37.0 Å². The molecule has 0 aromatic rings. The Hall–Kier alpha value is -1.31. The van der Waals surface area contributed by atoms with Crippen LogP contribution in [0.1, 0.15) is 27.7 Å². The van der Waals surface area contributed by atoms with E-state index < -0.39 is 0 Å². The van der Waals surface area contributed by atoms with E-state index in [0.29, 0.717) is 0 Å². The van der Waals surface area contributed by atoms with Crippen LogP contribution in [0.25, 0.3) is 0 Å². The molecule has 0 spiro atoms. The van der Waals surface area contributed by atoms with E-state index in [9.17, 15) is 4.79 Å². The van der Waals surface area contributed by atoms with Crippen LogP contribution in [-0.2, 0) is 4.79 Å². The molecule has 1 amide bonds. The largest absolute Gasteiger partial charge is 0.339 e. The van der Waals surface area contributed by atoms with Crippen molar-refractivity contribution in [3.05, 3.63) is 36.0 Å². The first-order valence-corrected chi connectivity index (χ1v) is 5.88. The second kappa shape index (κ2) is 5.15. The van der Waals surface area contributed by atoms with Crippen molar-refractivity contribution in [2.75, 3.05) is 13.1 Å². The molecule has 88 valence electrons. The van der Waals surface area contributed by atoms with Crippen molar-refractivity contribution >= 4 is 5.91 Å². The van der Waals surface area contributed by atoms with Crippen molar-refractivity contribution in [1.82, 2.24) is 4.90 Å². The second-order valence-corrected chi connectivity index (χ2v) is 4.61. The number of allylic oxidation sites excluding steroid dienone is 4. The molecule has 0 saturated carbocycles. The fraction of sp³-hybridized carbons (Fsp3) is 0.500. The standard InChI is InChI=1S/C14H21NO/c1-5-15(6-2)13(16)12-8-7-10-14(3,4)11-9-12/h7-11H,5-6H2,1-4H3. The normalized spacial score (nSPS) is 17.9. The van der Waals surface area contributed by atoms with Gasteiger partial charge in [0, 0.05) is 24.1 Å². The zero-order valence-corrected chi connectivity index (χ0v) is 10.7. The highest BCUT2D eigenvalue weighted by Crippen LogP contribution is 2.23. The molecule has 0 saturated heterocycles. The molecule has 0 atom stereocenters. The molecule has 0 unspecified atom stereocenters. The molecule has 0 aliphatic heterocycles. The van der Waals surface area contributed by atoms with Crippen LogP contribution < -0.4 is 0 Å². The van der Waals surface area contributed by atoms with Crippen LogP contribution in [0.2, 0.25) is 0 Å². The number of amides is 1. The summed E-state index contributed by atoms with van der Waals surface area (Å²) in [5, 5.41) is 0. The van der Waals surface area contributed by atoms with Gasteiger partial charge in [0.05, 0.1) is 0 Å². The highest BCUT2D eigenvalue weighted by molar-refractivity contribution is 5.96. The molecule has 1 rings (SSSR count). The van der Waals surface area contributed by atoms with Gasteiger partial charge in [0.15, 0.2) is 0 Å². The number of likely N-dealkylation sites (N-methyl/N-ethyl adjacent to an activating group) is 1. The average Bonchev–Trinajstić information content (AvgIpc) is 2.41. The smallest absolute Gasteiger partial charge is 0.253 e. The summed E-state index contributed by atoms with van der Waals surface area (Å²) in [4.78, 5) is 13.9. The Morgan fingerprint density at radius 3 is 2.44 bits per heavy atom. The van der Waals surface area contributed by atoms with Gasteiger partial charge >= 0.3 is 0 Å². The minimum atomic E-state index is 0.0296. The van der Waals surface area contributed by atoms with Gasteiger partial charge in [-0.3, -0.25) is 4.79 Å². The monoisotopic (exact) mass is 219 g/mol. The Kier molecular flexibility index (Phi) is 4.11. The van der Waals surface area contributed by atoms with Gasteiger partial charge in [-0.25, -0.2) is 0 Å². The van der Waals surface area contributed by atoms with Gasteiger partial charge in [0.25, 0.3) is 5.91 Å². The van der Waals surface area contributed by atoms with Gasteiger partial charge in [-0.2, -0.15) is 0 Å². The van der Waals surface area contributed by atoms with Crippen LogP contribution in [0, 0.1) is 5.41 Å². The Labute approximate surface area is 98.3 Å². The van der Waals surface area contributed by atoms with Gasteiger partial charge in [0.1, 0.15) is 0 Å². The first-order valence-electron chi connectivity index (χ1n) is 5.88. The Balaban J connectivity index is 2.87. The molecule has 2 nitrogen and oxygen atoms in total. The van der Waals surface area contributed by atoms with E-state index in [1.165, 1.54) is 0 Å². The first-order chi connectivity index (χ1) is 7.50. The third-order valence-corrected chi connectivity index (χ3v) is 2.79. The topological polar surface area (TPSA) is 20.3 Å². The van der Waals surface area contributed by atoms with Crippen molar-refractivity contribution in [2.45, 2.75) is 27.7 Å². The third kappa shape index (κ3) is 3.09. The number of rotatable bonds is 3. The minimum Gasteiger partial charge on any atom is -0.339 e. The highest BCUT2D eigenvalue weighted by Gasteiger charge is 2.16. The van der Waals surface area contributed by atoms with Gasteiger partial charge in [-0.05, 0) is 19.9 Å². The molecule has 0 aromatic heterocycles. The molecule has 0 fully saturated rings. The number of nitrogens with zero attached hydrogens (tertiary/aromatic N) is 1. The number of hydrogen-bond donors (Lipinski definition) is 0. The summed E-state index contributed by atoms with van der Waals surface area (Å²) in [6.07, 6.45) is 9.97. The van der Waals surface area contributed by atoms with Crippen LogP contribution in [-0.4, -0.2) is 23.9 Å². The van der Waals surface area contributed by atoms with Crippen molar-refractivity contribution < 1.29 is 4.79 Å². The molecule has 2 heteroatoms. The predicted octanol–water partition coefficient (Wildman–Crippen LogP) is 2.93. The summed E-state index contributed by atoms with van der Waals surface area (Å²) in [5.74, 6) is 0.114. The molecule has 0 heterocycles. The zero-order chi connectivity index (χ0) is 12.2. The van der Waals surface area contributed by atoms with E-state index >= 15 is 0 Å². The molecule has 0 radical (unpaired) electrons. The van der Waals surface area contributed by atoms with Crippen LogP contribution in [0.15, 0.2) is 36.0 Å². The van der Waals surface area contributed by atoms with Crippen LogP contribution in [0.3, 0.4) is 0 Å². The Bertz CT molecular complexity index is 344. The van der Waals surface area contributed by atoms with E-state index in [2.05, 4.69) is 26.0 Å². The van der Waals surface area contributed by atoms with Gasteiger partial charge in [-0.1, -0.05) is 38.2 Å². The SMILES string of the molecule is CCN(CC)C(=O)C1=CC=CC(C)(C)C=C1. The summed E-state index contributed by atoms with van der Waals surface area (Å²) >= 11 is 0. The fourth-order valence-electron chi connectivity index (χ4n) is 1.65. The van der Waals surface area contributed by atoms with Crippen molar-refractivity contribution in [3.8, 4) is 0 Å². The lowest BCUT2D eigenvalue weighted by Crippen LogP contribution is -2.31. The maximum absolute atomic E-state index is 12.1. The van der Waals surface area contributed by atoms with E-state index in [1.54, 1.807) is 0 Å². The lowest BCUT2D eigenvalue weighted by atomic mass is 9.93. The lowest BCUT2D eigenvalue weighted by molar-refractivity contribution is -0.126. The van der Waals surface area contributed by atoms with E-state index in [-0.39, 0.29) is 11.3 Å². The van der Waals surface area contributed by atoms with Gasteiger partial charge < -0.3 is 4.90 Å². The zero-order valence-electron chi connectivity index (χ0n) is 10.7. The summed E-state index contributed by atoms with van der Waals surface area (Å²) in [6, 6.07) is 0. The summed E-state index contributed by atoms with van der Waals surface area (Å²) in [5.41, 5.74) is 0.799. The number of carbonyl (C=O) groups is 1. The van der Waals surface area contributed by atoms with Crippen molar-refractivity contribution in [2.24, 2.45) is 5.41 Å². The quantitative estimate of drug-likeness (QED) is 0.714. The van der Waals surface area contributed by atoms with Crippen LogP contribution >= 0.6 is 0 Å². The predicted molar refractivity (Wildman–Crippen MR) is 68.1 cm³/mol. The van der Waals surface area contributed by atoms with E-state index in [0.717, 1.165) is 18.7 Å². The maximum atomic E-state index is 12.1. The number of carbonyl (C=O) groups excluding carboxylic acids is 1. The highest BCUT2D eigenvalue weighted by atomic mass is 16.2. The molecule has 0 N–H and O–H groups in total. The maximum Gasteiger partial charge on any atom is 0.253 e. The van der Waals surface area contributed by atoms with Gasteiger partial charge in [0.2, 0.25) is 0 Å². The number of hydrogen-bond acceptors (Lipinski definition) is 1. The molecular weight excluding hydrogens is 198 g/mol. The summed E-state index contributed by atoms with van der Waals surface area (Å²) in [6.45, 7) is 9.77. The molecule has 1 aliphatic carbocycles. The summed E-state index contributed by atoms with van der Waals surface area (Å²) in [7, 11) is 0. The lowest BCUT2D eigenvalue weighted by Gasteiger charge is -2.19. The fourth-order valence-corrected chi connectivity index (χ4v) is 1.65. The third-order valence-electron chi connectivity index (χ3n) is 2.79. The van der Waals surface area contributed by atoms with Crippen LogP contribution in [0.5, 0.6) is 0 Å². The van der Waals surface area contributed by atoms with Gasteiger partial charge in [-0.15, -0.1) is 0 Å². The Morgan fingerprint density at radius 2 is 1.88 bits per heavy atom. The molecular formula is C14H21NO. The Morgan fingerprint density at radius 1 is 1.25 bits per heavy atom.